The van der Waals surface area contributed by atoms with Gasteiger partial charge in [0.25, 0.3) is 0 Å². The van der Waals surface area contributed by atoms with Crippen LogP contribution < -0.4 is 4.74 Å². The fraction of sp³-hybridized carbons (Fsp3) is 0.250. The number of methoxy groups -OCH3 is 1. The molecule has 0 amide bonds. The van der Waals surface area contributed by atoms with Crippen molar-refractivity contribution in [2.75, 3.05) is 13.7 Å². The molecule has 0 aliphatic carbocycles. The van der Waals surface area contributed by atoms with Crippen molar-refractivity contribution in [1.82, 2.24) is 0 Å². The third-order valence-electron chi connectivity index (χ3n) is 3.42. The molecular formula is C16H15BrO2S. The van der Waals surface area contributed by atoms with E-state index >= 15 is 0 Å². The van der Waals surface area contributed by atoms with Crippen molar-refractivity contribution >= 4 is 33.0 Å². The highest BCUT2D eigenvalue weighted by molar-refractivity contribution is 9.10. The molecule has 2 aromatic rings. The summed E-state index contributed by atoms with van der Waals surface area (Å²) in [5.41, 5.74) is 1.30. The zero-order valence-corrected chi connectivity index (χ0v) is 13.5. The Morgan fingerprint density at radius 3 is 2.70 bits per heavy atom. The minimum Gasteiger partial charge on any atom is -0.497 e. The Morgan fingerprint density at radius 1 is 1.25 bits per heavy atom. The third kappa shape index (κ3) is 2.76. The lowest BCUT2D eigenvalue weighted by molar-refractivity contribution is 0.250. The van der Waals surface area contributed by atoms with Crippen molar-refractivity contribution in [1.29, 1.82) is 0 Å². The average Bonchev–Trinajstić information content (AvgIpc) is 2.94. The molecule has 2 heterocycles. The Hall–Kier alpha value is -1.26. The first kappa shape index (κ1) is 13.7. The molecule has 3 rings (SSSR count). The summed E-state index contributed by atoms with van der Waals surface area (Å²) >= 11 is 5.27. The molecule has 0 N–H and O–H groups in total. The molecule has 0 bridgehead atoms. The second kappa shape index (κ2) is 6.02. The van der Waals surface area contributed by atoms with E-state index in [2.05, 4.69) is 45.6 Å². The molecule has 20 heavy (non-hydrogen) atoms. The van der Waals surface area contributed by atoms with Crippen LogP contribution in [0.2, 0.25) is 0 Å². The molecular weight excluding hydrogens is 336 g/mol. The number of allylic oxidation sites excluding steroid dienone is 1. The molecule has 1 atom stereocenters. The van der Waals surface area contributed by atoms with Crippen LogP contribution in [0, 0.1) is 0 Å². The van der Waals surface area contributed by atoms with Crippen LogP contribution in [-0.4, -0.2) is 13.7 Å². The molecule has 1 aliphatic heterocycles. The number of rotatable bonds is 3. The van der Waals surface area contributed by atoms with E-state index in [9.17, 15) is 0 Å². The van der Waals surface area contributed by atoms with Gasteiger partial charge < -0.3 is 9.47 Å². The average molecular weight is 351 g/mol. The predicted octanol–water partition coefficient (Wildman–Crippen LogP) is 5.06. The summed E-state index contributed by atoms with van der Waals surface area (Å²) in [6.07, 6.45) is 3.24. The van der Waals surface area contributed by atoms with Crippen molar-refractivity contribution in [2.45, 2.75) is 12.3 Å². The second-order valence-electron chi connectivity index (χ2n) is 4.65. The van der Waals surface area contributed by atoms with Crippen molar-refractivity contribution in [2.24, 2.45) is 0 Å². The van der Waals surface area contributed by atoms with E-state index in [4.69, 9.17) is 9.47 Å². The second-order valence-corrected chi connectivity index (χ2v) is 6.42. The molecule has 0 spiro atoms. The highest BCUT2D eigenvalue weighted by Crippen LogP contribution is 2.37. The number of hydrogen-bond donors (Lipinski definition) is 0. The maximum atomic E-state index is 5.82. The van der Waals surface area contributed by atoms with Gasteiger partial charge in [-0.25, -0.2) is 0 Å². The van der Waals surface area contributed by atoms with E-state index in [1.54, 1.807) is 18.4 Å². The lowest BCUT2D eigenvalue weighted by Gasteiger charge is -2.22. The predicted molar refractivity (Wildman–Crippen MR) is 86.3 cm³/mol. The van der Waals surface area contributed by atoms with E-state index in [0.717, 1.165) is 29.0 Å². The molecule has 0 fully saturated rings. The number of thiophene rings is 1. The van der Waals surface area contributed by atoms with E-state index in [1.165, 1.54) is 10.4 Å². The summed E-state index contributed by atoms with van der Waals surface area (Å²) < 4.78 is 12.1. The minimum absolute atomic E-state index is 0.402. The van der Waals surface area contributed by atoms with E-state index < -0.39 is 0 Å². The molecule has 2 nitrogen and oxygen atoms in total. The summed E-state index contributed by atoms with van der Waals surface area (Å²) in [6.45, 7) is 0.757. The van der Waals surface area contributed by atoms with Crippen molar-refractivity contribution in [3.8, 4) is 5.75 Å². The summed E-state index contributed by atoms with van der Waals surface area (Å²) in [6, 6.07) is 10.3. The van der Waals surface area contributed by atoms with Crippen LogP contribution in [-0.2, 0) is 4.74 Å². The quantitative estimate of drug-likeness (QED) is 0.769. The van der Waals surface area contributed by atoms with Gasteiger partial charge in [-0.05, 0) is 57.6 Å². The van der Waals surface area contributed by atoms with Crippen LogP contribution in [0.15, 0.2) is 46.3 Å². The van der Waals surface area contributed by atoms with Gasteiger partial charge in [-0.1, -0.05) is 12.1 Å². The first-order valence-electron chi connectivity index (χ1n) is 6.50. The number of halogens is 1. The molecule has 1 unspecified atom stereocenters. The van der Waals surface area contributed by atoms with Crippen molar-refractivity contribution in [3.05, 3.63) is 56.7 Å². The Morgan fingerprint density at radius 2 is 2.05 bits per heavy atom. The number of hydrogen-bond acceptors (Lipinski definition) is 3. The van der Waals surface area contributed by atoms with Gasteiger partial charge in [0.2, 0.25) is 0 Å². The molecule has 104 valence electrons. The summed E-state index contributed by atoms with van der Waals surface area (Å²) in [7, 11) is 1.69. The van der Waals surface area contributed by atoms with Crippen LogP contribution >= 0.6 is 27.3 Å². The molecule has 0 saturated carbocycles. The molecule has 1 aromatic heterocycles. The van der Waals surface area contributed by atoms with E-state index in [-0.39, 0.29) is 0 Å². The fourth-order valence-electron chi connectivity index (χ4n) is 2.33. The Balaban J connectivity index is 1.88. The molecule has 1 aromatic carbocycles. The lowest BCUT2D eigenvalue weighted by atomic mass is 9.93. The van der Waals surface area contributed by atoms with Crippen LogP contribution in [0.5, 0.6) is 5.75 Å². The molecule has 1 aliphatic rings. The standard InChI is InChI=1S/C16H15BrO2S/c1-18-13-4-2-11(3-5-13)12-6-8-19-15(10-12)16-14(17)7-9-20-16/h2-5,7,9-10,12H,6,8H2,1H3. The van der Waals surface area contributed by atoms with E-state index in [0.29, 0.717) is 5.92 Å². The van der Waals surface area contributed by atoms with Crippen molar-refractivity contribution < 1.29 is 9.47 Å². The van der Waals surface area contributed by atoms with E-state index in [1.807, 2.05) is 12.1 Å². The Labute approximate surface area is 131 Å². The zero-order valence-electron chi connectivity index (χ0n) is 11.1. The maximum absolute atomic E-state index is 5.82. The minimum atomic E-state index is 0.402. The van der Waals surface area contributed by atoms with Crippen LogP contribution in [0.4, 0.5) is 0 Å². The van der Waals surface area contributed by atoms with Gasteiger partial charge in [-0.15, -0.1) is 11.3 Å². The highest BCUT2D eigenvalue weighted by atomic mass is 79.9. The smallest absolute Gasteiger partial charge is 0.134 e. The Bertz CT molecular complexity index is 616. The van der Waals surface area contributed by atoms with Gasteiger partial charge in [0.15, 0.2) is 0 Å². The van der Waals surface area contributed by atoms with Crippen LogP contribution in [0.3, 0.4) is 0 Å². The highest BCUT2D eigenvalue weighted by Gasteiger charge is 2.19. The van der Waals surface area contributed by atoms with Gasteiger partial charge >= 0.3 is 0 Å². The fourth-order valence-corrected chi connectivity index (χ4v) is 3.88. The van der Waals surface area contributed by atoms with Gasteiger partial charge in [0, 0.05) is 10.4 Å². The molecule has 0 saturated heterocycles. The summed E-state index contributed by atoms with van der Waals surface area (Å²) in [5, 5.41) is 2.07. The summed E-state index contributed by atoms with van der Waals surface area (Å²) in [4.78, 5) is 1.17. The third-order valence-corrected chi connectivity index (χ3v) is 5.28. The largest absolute Gasteiger partial charge is 0.497 e. The first-order valence-corrected chi connectivity index (χ1v) is 8.17. The molecule has 0 radical (unpaired) electrons. The monoisotopic (exact) mass is 350 g/mol. The topological polar surface area (TPSA) is 18.5 Å². The number of ether oxygens (including phenoxy) is 2. The number of benzene rings is 1. The first-order chi connectivity index (χ1) is 9.78. The van der Waals surface area contributed by atoms with Gasteiger partial charge in [-0.3, -0.25) is 0 Å². The van der Waals surface area contributed by atoms with Crippen molar-refractivity contribution in [3.63, 3.8) is 0 Å². The Kier molecular flexibility index (Phi) is 4.13. The lowest BCUT2D eigenvalue weighted by Crippen LogP contribution is -2.08. The zero-order chi connectivity index (χ0) is 13.9. The SMILES string of the molecule is COc1ccc(C2C=C(c3sccc3Br)OCC2)cc1. The van der Waals surface area contributed by atoms with Gasteiger partial charge in [0.1, 0.15) is 11.5 Å². The summed E-state index contributed by atoms with van der Waals surface area (Å²) in [5.74, 6) is 2.28. The normalized spacial score (nSPS) is 18.3. The van der Waals surface area contributed by atoms with Crippen LogP contribution in [0.1, 0.15) is 22.8 Å². The van der Waals surface area contributed by atoms with Gasteiger partial charge in [0.05, 0.1) is 18.6 Å². The maximum Gasteiger partial charge on any atom is 0.134 e. The van der Waals surface area contributed by atoms with Gasteiger partial charge in [-0.2, -0.15) is 0 Å². The van der Waals surface area contributed by atoms with Crippen LogP contribution in [0.25, 0.3) is 5.76 Å². The molecule has 4 heteroatoms.